The molecule has 0 fully saturated rings. The maximum absolute atomic E-state index is 14.9. The standard InChI is InChI=1S/C22H28FN5O3/c1-13(2)15-11-16(20(30)12-19(15)29)21-24-25-22(31)28(21)14-6-7-18(17(23)10-14)27(5)9-8-26(3)4/h6-7,10-13,29-30H,8-9H2,1-5H3,(H,25,31). The number of aromatic nitrogens is 3. The normalized spacial score (nSPS) is 11.5. The Kier molecular flexibility index (Phi) is 6.35. The summed E-state index contributed by atoms with van der Waals surface area (Å²) < 4.78 is 16.2. The zero-order valence-electron chi connectivity index (χ0n) is 18.3. The Morgan fingerprint density at radius 3 is 2.29 bits per heavy atom. The molecule has 0 amide bonds. The highest BCUT2D eigenvalue weighted by atomic mass is 19.1. The van der Waals surface area contributed by atoms with E-state index in [0.717, 1.165) is 6.54 Å². The molecule has 0 saturated carbocycles. The van der Waals surface area contributed by atoms with Crippen LogP contribution in [-0.2, 0) is 0 Å². The summed E-state index contributed by atoms with van der Waals surface area (Å²) in [5.74, 6) is -0.613. The molecule has 0 atom stereocenters. The fourth-order valence-corrected chi connectivity index (χ4v) is 3.34. The van der Waals surface area contributed by atoms with Crippen molar-refractivity contribution in [3.8, 4) is 34.6 Å². The number of phenols is 2. The van der Waals surface area contributed by atoms with E-state index in [1.165, 1.54) is 16.7 Å². The van der Waals surface area contributed by atoms with Gasteiger partial charge in [0, 0.05) is 32.3 Å². The van der Waals surface area contributed by atoms with Gasteiger partial charge in [0.25, 0.3) is 0 Å². The Labute approximate surface area is 180 Å². The monoisotopic (exact) mass is 429 g/mol. The second-order valence-corrected chi connectivity index (χ2v) is 8.10. The Hall–Kier alpha value is -3.33. The van der Waals surface area contributed by atoms with Gasteiger partial charge in [-0.05, 0) is 43.8 Å². The zero-order valence-corrected chi connectivity index (χ0v) is 18.3. The second-order valence-electron chi connectivity index (χ2n) is 8.10. The second kappa shape index (κ2) is 8.81. The van der Waals surface area contributed by atoms with E-state index in [1.807, 2.05) is 44.8 Å². The number of rotatable bonds is 7. The van der Waals surface area contributed by atoms with Gasteiger partial charge in [0.2, 0.25) is 0 Å². The molecule has 1 heterocycles. The van der Waals surface area contributed by atoms with E-state index in [9.17, 15) is 19.7 Å². The highest BCUT2D eigenvalue weighted by molar-refractivity contribution is 5.70. The molecule has 0 saturated heterocycles. The molecule has 2 aromatic carbocycles. The van der Waals surface area contributed by atoms with Gasteiger partial charge >= 0.3 is 6.01 Å². The summed E-state index contributed by atoms with van der Waals surface area (Å²) in [6.07, 6.45) is 0. The van der Waals surface area contributed by atoms with Crippen molar-refractivity contribution in [3.05, 3.63) is 41.7 Å². The number of phenolic OH excluding ortho intramolecular Hbond substituents is 2. The lowest BCUT2D eigenvalue weighted by molar-refractivity contribution is 0.415. The van der Waals surface area contributed by atoms with Gasteiger partial charge in [0.15, 0.2) is 5.82 Å². The Bertz CT molecular complexity index is 1080. The molecule has 8 nitrogen and oxygen atoms in total. The van der Waals surface area contributed by atoms with Crippen molar-refractivity contribution >= 4 is 5.69 Å². The molecule has 0 radical (unpaired) electrons. The topological polar surface area (TPSA) is 97.9 Å². The van der Waals surface area contributed by atoms with Gasteiger partial charge in [-0.1, -0.05) is 18.9 Å². The molecule has 1 aromatic heterocycles. The van der Waals surface area contributed by atoms with Crippen LogP contribution < -0.4 is 4.90 Å². The number of anilines is 1. The van der Waals surface area contributed by atoms with Gasteiger partial charge in [-0.3, -0.25) is 0 Å². The molecule has 0 bridgehead atoms. The summed E-state index contributed by atoms with van der Waals surface area (Å²) in [6.45, 7) is 5.22. The fraction of sp³-hybridized carbons (Fsp3) is 0.364. The summed E-state index contributed by atoms with van der Waals surface area (Å²) in [5, 5.41) is 38.5. The van der Waals surface area contributed by atoms with E-state index >= 15 is 0 Å². The first-order chi connectivity index (χ1) is 14.6. The molecule has 0 aliphatic rings. The third-order valence-electron chi connectivity index (χ3n) is 5.14. The lowest BCUT2D eigenvalue weighted by atomic mass is 9.98. The molecule has 0 aliphatic heterocycles. The van der Waals surface area contributed by atoms with Crippen molar-refractivity contribution in [1.29, 1.82) is 0 Å². The number of aromatic hydroxyl groups is 3. The van der Waals surface area contributed by atoms with Gasteiger partial charge in [-0.25, -0.2) is 8.96 Å². The van der Waals surface area contributed by atoms with Crippen LogP contribution in [0.15, 0.2) is 30.3 Å². The first kappa shape index (κ1) is 22.4. The smallest absolute Gasteiger partial charge is 0.319 e. The summed E-state index contributed by atoms with van der Waals surface area (Å²) in [5.41, 5.74) is 1.60. The predicted molar refractivity (Wildman–Crippen MR) is 118 cm³/mol. The maximum Gasteiger partial charge on any atom is 0.319 e. The highest BCUT2D eigenvalue weighted by Gasteiger charge is 2.21. The largest absolute Gasteiger partial charge is 0.508 e. The van der Waals surface area contributed by atoms with Crippen molar-refractivity contribution in [2.75, 3.05) is 39.1 Å². The summed E-state index contributed by atoms with van der Waals surface area (Å²) >= 11 is 0. The maximum atomic E-state index is 14.9. The summed E-state index contributed by atoms with van der Waals surface area (Å²) in [4.78, 5) is 3.83. The van der Waals surface area contributed by atoms with E-state index < -0.39 is 11.8 Å². The summed E-state index contributed by atoms with van der Waals surface area (Å²) in [6, 6.07) is 6.94. The predicted octanol–water partition coefficient (Wildman–Crippen LogP) is 3.31. The van der Waals surface area contributed by atoms with Crippen molar-refractivity contribution in [2.24, 2.45) is 0 Å². The van der Waals surface area contributed by atoms with Crippen LogP contribution in [0.4, 0.5) is 10.1 Å². The first-order valence-corrected chi connectivity index (χ1v) is 9.96. The van der Waals surface area contributed by atoms with Crippen LogP contribution in [0, 0.1) is 5.82 Å². The van der Waals surface area contributed by atoms with Crippen molar-refractivity contribution in [2.45, 2.75) is 19.8 Å². The molecule has 0 unspecified atom stereocenters. The van der Waals surface area contributed by atoms with Crippen LogP contribution in [-0.4, -0.2) is 69.2 Å². The van der Waals surface area contributed by atoms with Crippen LogP contribution in [0.2, 0.25) is 0 Å². The molecule has 0 spiro atoms. The van der Waals surface area contributed by atoms with Gasteiger partial charge in [-0.15, -0.1) is 5.10 Å². The van der Waals surface area contributed by atoms with Crippen molar-refractivity contribution in [3.63, 3.8) is 0 Å². The third-order valence-corrected chi connectivity index (χ3v) is 5.14. The van der Waals surface area contributed by atoms with Crippen LogP contribution in [0.25, 0.3) is 17.1 Å². The molecule has 0 aliphatic carbocycles. The average Bonchev–Trinajstić information content (AvgIpc) is 3.06. The third kappa shape index (κ3) is 4.56. The molecule has 166 valence electrons. The Morgan fingerprint density at radius 1 is 0.968 bits per heavy atom. The summed E-state index contributed by atoms with van der Waals surface area (Å²) in [7, 11) is 5.71. The fourth-order valence-electron chi connectivity index (χ4n) is 3.34. The number of likely N-dealkylation sites (N-methyl/N-ethyl adjacent to an activating group) is 2. The van der Waals surface area contributed by atoms with Crippen LogP contribution in [0.3, 0.4) is 0 Å². The number of benzene rings is 2. The average molecular weight is 429 g/mol. The number of nitrogens with zero attached hydrogens (tertiary/aromatic N) is 5. The molecule has 9 heteroatoms. The molecular formula is C22H28FN5O3. The molecule has 3 aromatic rings. The SMILES string of the molecule is CC(C)c1cc(-c2nnc(O)n2-c2ccc(N(C)CCN(C)C)c(F)c2)c(O)cc1O. The zero-order chi connectivity index (χ0) is 22.9. The van der Waals surface area contributed by atoms with Gasteiger partial charge in [0.05, 0.1) is 16.9 Å². The lowest BCUT2D eigenvalue weighted by Gasteiger charge is -2.22. The van der Waals surface area contributed by atoms with Crippen LogP contribution >= 0.6 is 0 Å². The lowest BCUT2D eigenvalue weighted by Crippen LogP contribution is -2.29. The number of hydrogen-bond acceptors (Lipinski definition) is 7. The van der Waals surface area contributed by atoms with E-state index in [-0.39, 0.29) is 28.8 Å². The van der Waals surface area contributed by atoms with Crippen molar-refractivity contribution in [1.82, 2.24) is 19.7 Å². The molecular weight excluding hydrogens is 401 g/mol. The highest BCUT2D eigenvalue weighted by Crippen LogP contribution is 2.39. The van der Waals surface area contributed by atoms with Crippen molar-refractivity contribution < 1.29 is 19.7 Å². The van der Waals surface area contributed by atoms with E-state index in [2.05, 4.69) is 10.2 Å². The first-order valence-electron chi connectivity index (χ1n) is 9.96. The van der Waals surface area contributed by atoms with Gasteiger partial charge in [-0.2, -0.15) is 0 Å². The van der Waals surface area contributed by atoms with Crippen LogP contribution in [0.5, 0.6) is 17.5 Å². The van der Waals surface area contributed by atoms with Gasteiger partial charge in [0.1, 0.15) is 17.3 Å². The minimum absolute atomic E-state index is 0.0150. The Balaban J connectivity index is 2.04. The quantitative estimate of drug-likeness (QED) is 0.530. The number of halogens is 1. The number of hydrogen-bond donors (Lipinski definition) is 3. The van der Waals surface area contributed by atoms with E-state index in [0.29, 0.717) is 23.5 Å². The minimum atomic E-state index is -0.462. The molecule has 3 N–H and O–H groups in total. The van der Waals surface area contributed by atoms with E-state index in [4.69, 9.17) is 0 Å². The molecule has 3 rings (SSSR count). The Morgan fingerprint density at radius 2 is 1.68 bits per heavy atom. The van der Waals surface area contributed by atoms with Gasteiger partial charge < -0.3 is 25.1 Å². The minimum Gasteiger partial charge on any atom is -0.508 e. The van der Waals surface area contributed by atoms with Crippen LogP contribution in [0.1, 0.15) is 25.3 Å². The molecule has 31 heavy (non-hydrogen) atoms. The van der Waals surface area contributed by atoms with E-state index in [1.54, 1.807) is 18.2 Å².